The minimum atomic E-state index is 0.0169. The van der Waals surface area contributed by atoms with Crippen molar-refractivity contribution >= 4 is 28.2 Å². The van der Waals surface area contributed by atoms with Crippen LogP contribution < -0.4 is 16.0 Å². The Bertz CT molecular complexity index is 612. The third kappa shape index (κ3) is 2.82. The van der Waals surface area contributed by atoms with Crippen molar-refractivity contribution in [2.75, 3.05) is 30.3 Å². The molecule has 0 aliphatic rings. The Hall–Kier alpha value is -2.30. The first-order chi connectivity index (χ1) is 9.67. The lowest BCUT2D eigenvalue weighted by molar-refractivity contribution is -0.119. The van der Waals surface area contributed by atoms with Crippen molar-refractivity contribution < 1.29 is 4.79 Å². The zero-order valence-electron chi connectivity index (χ0n) is 11.9. The molecule has 0 unspecified atom stereocenters. The first-order valence-corrected chi connectivity index (χ1v) is 6.82. The van der Waals surface area contributed by atoms with Crippen LogP contribution in [-0.2, 0) is 4.79 Å². The van der Waals surface area contributed by atoms with E-state index in [4.69, 9.17) is 5.73 Å². The third-order valence-corrected chi connectivity index (χ3v) is 3.21. The van der Waals surface area contributed by atoms with Crippen LogP contribution in [0.1, 0.15) is 13.8 Å². The summed E-state index contributed by atoms with van der Waals surface area (Å²) in [5, 5.41) is 3.79. The molecule has 0 bridgehead atoms. The van der Waals surface area contributed by atoms with Gasteiger partial charge >= 0.3 is 0 Å². The van der Waals surface area contributed by atoms with E-state index in [0.29, 0.717) is 18.8 Å². The summed E-state index contributed by atoms with van der Waals surface area (Å²) in [7, 11) is 0. The number of hydrogen-bond donors (Lipinski definition) is 2. The number of amides is 1. The maximum Gasteiger partial charge on any atom is 0.239 e. The van der Waals surface area contributed by atoms with Gasteiger partial charge in [-0.25, -0.2) is 0 Å². The number of likely N-dealkylation sites (N-methyl/N-ethyl adjacent to an activating group) is 2. The predicted octanol–water partition coefficient (Wildman–Crippen LogP) is 1.78. The van der Waals surface area contributed by atoms with Crippen LogP contribution >= 0.6 is 0 Å². The van der Waals surface area contributed by atoms with Gasteiger partial charge in [0.2, 0.25) is 5.91 Å². The van der Waals surface area contributed by atoms with Crippen LogP contribution in [-0.4, -0.2) is 30.5 Å². The molecule has 1 aromatic heterocycles. The van der Waals surface area contributed by atoms with Gasteiger partial charge in [0.1, 0.15) is 0 Å². The molecule has 2 rings (SSSR count). The van der Waals surface area contributed by atoms with Crippen LogP contribution in [0.4, 0.5) is 11.4 Å². The quantitative estimate of drug-likeness (QED) is 0.814. The molecule has 0 fully saturated rings. The monoisotopic (exact) mass is 272 g/mol. The van der Waals surface area contributed by atoms with Gasteiger partial charge in [0.05, 0.1) is 17.7 Å². The second-order valence-electron chi connectivity index (χ2n) is 4.54. The number of nitrogens with one attached hydrogen (secondary N) is 1. The minimum absolute atomic E-state index is 0.0169. The Labute approximate surface area is 118 Å². The molecular formula is C15H20N4O. The normalized spacial score (nSPS) is 10.5. The number of fused-ring (bicyclic) bond motifs is 1. The highest BCUT2D eigenvalue weighted by atomic mass is 16.2. The predicted molar refractivity (Wildman–Crippen MR) is 82.7 cm³/mol. The highest BCUT2D eigenvalue weighted by Crippen LogP contribution is 2.29. The maximum atomic E-state index is 11.8. The van der Waals surface area contributed by atoms with Gasteiger partial charge in [-0.1, -0.05) is 0 Å². The summed E-state index contributed by atoms with van der Waals surface area (Å²) < 4.78 is 0. The summed E-state index contributed by atoms with van der Waals surface area (Å²) >= 11 is 0. The maximum absolute atomic E-state index is 11.8. The molecule has 0 saturated heterocycles. The van der Waals surface area contributed by atoms with Gasteiger partial charge in [0.15, 0.2) is 0 Å². The van der Waals surface area contributed by atoms with Crippen molar-refractivity contribution in [2.24, 2.45) is 0 Å². The van der Waals surface area contributed by atoms with Crippen LogP contribution in [0.3, 0.4) is 0 Å². The number of carbonyl (C=O) groups is 1. The summed E-state index contributed by atoms with van der Waals surface area (Å²) in [6.45, 7) is 5.65. The Kier molecular flexibility index (Phi) is 4.40. The lowest BCUT2D eigenvalue weighted by Crippen LogP contribution is -2.37. The number of pyridine rings is 1. The first-order valence-electron chi connectivity index (χ1n) is 6.82. The van der Waals surface area contributed by atoms with Crippen molar-refractivity contribution in [3.63, 3.8) is 0 Å². The number of nitrogens with two attached hydrogens (primary N) is 1. The minimum Gasteiger partial charge on any atom is -0.397 e. The number of hydrogen-bond acceptors (Lipinski definition) is 4. The van der Waals surface area contributed by atoms with E-state index in [1.54, 1.807) is 6.20 Å². The Morgan fingerprint density at radius 3 is 2.85 bits per heavy atom. The average Bonchev–Trinajstić information content (AvgIpc) is 2.46. The van der Waals surface area contributed by atoms with Gasteiger partial charge in [-0.2, -0.15) is 0 Å². The molecule has 0 radical (unpaired) electrons. The summed E-state index contributed by atoms with van der Waals surface area (Å²) in [5.74, 6) is 0.0169. The second kappa shape index (κ2) is 6.23. The summed E-state index contributed by atoms with van der Waals surface area (Å²) in [4.78, 5) is 18.1. The molecule has 1 amide bonds. The van der Waals surface area contributed by atoms with Crippen molar-refractivity contribution in [1.82, 2.24) is 10.3 Å². The highest BCUT2D eigenvalue weighted by molar-refractivity contribution is 5.99. The van der Waals surface area contributed by atoms with E-state index < -0.39 is 0 Å². The molecule has 5 nitrogen and oxygen atoms in total. The smallest absolute Gasteiger partial charge is 0.239 e. The van der Waals surface area contributed by atoms with Crippen molar-refractivity contribution in [3.8, 4) is 0 Å². The highest BCUT2D eigenvalue weighted by Gasteiger charge is 2.13. The Morgan fingerprint density at radius 1 is 1.35 bits per heavy atom. The van der Waals surface area contributed by atoms with Gasteiger partial charge in [-0.05, 0) is 38.1 Å². The number of carbonyl (C=O) groups excluding carboxylic acids is 1. The number of benzene rings is 1. The number of aromatic nitrogens is 1. The van der Waals surface area contributed by atoms with E-state index in [9.17, 15) is 4.79 Å². The molecule has 5 heteroatoms. The zero-order chi connectivity index (χ0) is 14.5. The molecule has 0 aliphatic carbocycles. The fourth-order valence-electron chi connectivity index (χ4n) is 2.25. The standard InChI is InChI=1S/C15H20N4O/c1-3-17-14(20)10-19(4-2)13-8-7-12(16)15-11(13)6-5-9-18-15/h5-9H,3-4,10,16H2,1-2H3,(H,17,20). The van der Waals surface area contributed by atoms with Gasteiger partial charge < -0.3 is 16.0 Å². The summed E-state index contributed by atoms with van der Waals surface area (Å²) in [5.41, 5.74) is 8.37. The molecule has 106 valence electrons. The number of anilines is 2. The fourth-order valence-corrected chi connectivity index (χ4v) is 2.25. The summed E-state index contributed by atoms with van der Waals surface area (Å²) in [6.07, 6.45) is 1.72. The molecule has 1 heterocycles. The Balaban J connectivity index is 2.40. The zero-order valence-corrected chi connectivity index (χ0v) is 11.9. The first kappa shape index (κ1) is 14.1. The molecule has 2 aromatic rings. The van der Waals surface area contributed by atoms with Gasteiger partial charge in [0.25, 0.3) is 0 Å². The molecule has 20 heavy (non-hydrogen) atoms. The van der Waals surface area contributed by atoms with E-state index in [1.807, 2.05) is 43.0 Å². The van der Waals surface area contributed by atoms with E-state index in [2.05, 4.69) is 10.3 Å². The largest absolute Gasteiger partial charge is 0.397 e. The van der Waals surface area contributed by atoms with Crippen LogP contribution in [0.5, 0.6) is 0 Å². The van der Waals surface area contributed by atoms with Crippen LogP contribution in [0.15, 0.2) is 30.5 Å². The topological polar surface area (TPSA) is 71.2 Å². The van der Waals surface area contributed by atoms with Crippen LogP contribution in [0.2, 0.25) is 0 Å². The van der Waals surface area contributed by atoms with Gasteiger partial charge in [-0.3, -0.25) is 9.78 Å². The van der Waals surface area contributed by atoms with Crippen molar-refractivity contribution in [3.05, 3.63) is 30.5 Å². The van der Waals surface area contributed by atoms with Crippen molar-refractivity contribution in [2.45, 2.75) is 13.8 Å². The van der Waals surface area contributed by atoms with Gasteiger partial charge in [0, 0.05) is 30.4 Å². The van der Waals surface area contributed by atoms with Crippen molar-refractivity contribution in [1.29, 1.82) is 0 Å². The van der Waals surface area contributed by atoms with Crippen LogP contribution in [0, 0.1) is 0 Å². The number of nitrogens with zero attached hydrogens (tertiary/aromatic N) is 2. The molecule has 0 spiro atoms. The van der Waals surface area contributed by atoms with E-state index in [0.717, 1.165) is 23.1 Å². The summed E-state index contributed by atoms with van der Waals surface area (Å²) in [6, 6.07) is 7.65. The average molecular weight is 272 g/mol. The van der Waals surface area contributed by atoms with E-state index >= 15 is 0 Å². The molecule has 3 N–H and O–H groups in total. The van der Waals surface area contributed by atoms with E-state index in [1.165, 1.54) is 0 Å². The second-order valence-corrected chi connectivity index (χ2v) is 4.54. The lowest BCUT2D eigenvalue weighted by atomic mass is 10.1. The lowest BCUT2D eigenvalue weighted by Gasteiger charge is -2.24. The SMILES string of the molecule is CCNC(=O)CN(CC)c1ccc(N)c2ncccc12. The number of rotatable bonds is 5. The molecule has 0 saturated carbocycles. The number of nitrogen functional groups attached to an aromatic ring is 1. The molecule has 0 atom stereocenters. The van der Waals surface area contributed by atoms with Crippen LogP contribution in [0.25, 0.3) is 10.9 Å². The molecule has 1 aromatic carbocycles. The molecule has 0 aliphatic heterocycles. The Morgan fingerprint density at radius 2 is 2.15 bits per heavy atom. The fraction of sp³-hybridized carbons (Fsp3) is 0.333. The van der Waals surface area contributed by atoms with Gasteiger partial charge in [-0.15, -0.1) is 0 Å². The van der Waals surface area contributed by atoms with E-state index in [-0.39, 0.29) is 5.91 Å². The third-order valence-electron chi connectivity index (χ3n) is 3.21. The molecular weight excluding hydrogens is 252 g/mol.